The van der Waals surface area contributed by atoms with E-state index in [-0.39, 0.29) is 18.0 Å². The molecule has 0 atom stereocenters. The van der Waals surface area contributed by atoms with Crippen LogP contribution in [0.5, 0.6) is 0 Å². The van der Waals surface area contributed by atoms with E-state index >= 15 is 0 Å². The summed E-state index contributed by atoms with van der Waals surface area (Å²) in [4.78, 5) is 19.8. The van der Waals surface area contributed by atoms with Gasteiger partial charge in [0.1, 0.15) is 16.4 Å². The van der Waals surface area contributed by atoms with Crippen molar-refractivity contribution in [2.45, 2.75) is 26.8 Å². The third-order valence-electron chi connectivity index (χ3n) is 5.55. The van der Waals surface area contributed by atoms with Crippen molar-refractivity contribution in [2.24, 2.45) is 7.05 Å². The van der Waals surface area contributed by atoms with Crippen molar-refractivity contribution in [3.8, 4) is 0 Å². The first kappa shape index (κ1) is 24.2. The summed E-state index contributed by atoms with van der Waals surface area (Å²) in [6.45, 7) is 5.63. The number of benzene rings is 1. The molecule has 6 nitrogen and oxygen atoms in total. The van der Waals surface area contributed by atoms with Crippen LogP contribution in [-0.2, 0) is 13.6 Å². The Morgan fingerprint density at radius 2 is 2.00 bits per heavy atom. The van der Waals surface area contributed by atoms with E-state index in [1.165, 1.54) is 21.6 Å². The van der Waals surface area contributed by atoms with E-state index in [1.807, 2.05) is 42.0 Å². The molecule has 0 spiro atoms. The Hall–Kier alpha value is -2.94. The molecule has 0 fully saturated rings. The Labute approximate surface area is 210 Å². The summed E-state index contributed by atoms with van der Waals surface area (Å²) in [7, 11) is 2.06. The van der Waals surface area contributed by atoms with Crippen LogP contribution in [0.3, 0.4) is 0 Å². The average molecular weight is 513 g/mol. The van der Waals surface area contributed by atoms with Gasteiger partial charge in [-0.15, -0.1) is 11.3 Å². The number of aromatic nitrogens is 3. The van der Waals surface area contributed by atoms with Crippen LogP contribution in [0.1, 0.15) is 25.3 Å². The summed E-state index contributed by atoms with van der Waals surface area (Å²) in [6, 6.07) is 8.33. The number of rotatable bonds is 5. The predicted octanol–water partition coefficient (Wildman–Crippen LogP) is -1.42. The van der Waals surface area contributed by atoms with Crippen LogP contribution in [0.4, 0.5) is 5.82 Å². The Balaban J connectivity index is 0.00000274. The molecular weight excluding hydrogens is 488 g/mol. The summed E-state index contributed by atoms with van der Waals surface area (Å²) >= 11 is 3.21. The normalized spacial score (nSPS) is 14.6. The largest absolute Gasteiger partial charge is 1.00 e. The lowest BCUT2D eigenvalue weighted by Crippen LogP contribution is -3.00. The van der Waals surface area contributed by atoms with Crippen LogP contribution < -0.4 is 47.6 Å². The minimum atomic E-state index is 0. The molecule has 5 rings (SSSR count). The SMILES string of the molecule is CCCN1C=CC=c2o/c(=C/C=c3\s/c(=C\c4sc5ccccc5[n+]4C)n(CC)c3=O)nc21.[Cl-]. The van der Waals surface area contributed by atoms with Crippen molar-refractivity contribution in [2.75, 3.05) is 11.4 Å². The van der Waals surface area contributed by atoms with Crippen molar-refractivity contribution >= 4 is 63.0 Å². The second-order valence-electron chi connectivity index (χ2n) is 7.74. The molecule has 0 N–H and O–H groups in total. The van der Waals surface area contributed by atoms with E-state index in [4.69, 9.17) is 4.42 Å². The van der Waals surface area contributed by atoms with Crippen LogP contribution in [0.15, 0.2) is 45.8 Å². The summed E-state index contributed by atoms with van der Waals surface area (Å²) in [6.07, 6.45) is 12.6. The maximum atomic E-state index is 13.0. The number of nitrogens with zero attached hydrogens (tertiary/aromatic N) is 4. The average Bonchev–Trinajstić information content (AvgIpc) is 3.47. The molecule has 0 bridgehead atoms. The van der Waals surface area contributed by atoms with E-state index in [0.29, 0.717) is 16.6 Å². The van der Waals surface area contributed by atoms with Gasteiger partial charge in [-0.3, -0.25) is 9.36 Å². The van der Waals surface area contributed by atoms with Crippen LogP contribution in [-0.4, -0.2) is 16.1 Å². The maximum Gasteiger partial charge on any atom is 0.269 e. The third kappa shape index (κ3) is 4.41. The number of para-hydroxylation sites is 1. The van der Waals surface area contributed by atoms with Crippen LogP contribution in [0, 0.1) is 0 Å². The number of aryl methyl sites for hydroxylation is 1. The zero-order valence-electron chi connectivity index (χ0n) is 19.2. The number of hydrogen-bond acceptors (Lipinski definition) is 6. The molecule has 176 valence electrons. The molecular formula is C25H25ClN4O2S2. The predicted molar refractivity (Wildman–Crippen MR) is 136 cm³/mol. The summed E-state index contributed by atoms with van der Waals surface area (Å²) in [5, 5.41) is 1.11. The van der Waals surface area contributed by atoms with Gasteiger partial charge in [0.2, 0.25) is 11.1 Å². The van der Waals surface area contributed by atoms with E-state index in [2.05, 4.69) is 52.7 Å². The van der Waals surface area contributed by atoms with Crippen molar-refractivity contribution in [3.05, 3.63) is 72.1 Å². The van der Waals surface area contributed by atoms with Gasteiger partial charge in [-0.25, -0.2) is 0 Å². The Kier molecular flexibility index (Phi) is 7.21. The Morgan fingerprint density at radius 1 is 1.18 bits per heavy atom. The zero-order chi connectivity index (χ0) is 22.9. The lowest BCUT2D eigenvalue weighted by molar-refractivity contribution is -0.642. The first-order chi connectivity index (χ1) is 16.1. The monoisotopic (exact) mass is 512 g/mol. The van der Waals surface area contributed by atoms with Gasteiger partial charge in [-0.05, 0) is 37.6 Å². The minimum absolute atomic E-state index is 0. The molecule has 1 aliphatic rings. The van der Waals surface area contributed by atoms with Gasteiger partial charge in [0.25, 0.3) is 10.6 Å². The van der Waals surface area contributed by atoms with E-state index < -0.39 is 0 Å². The fourth-order valence-electron chi connectivity index (χ4n) is 3.91. The number of oxazole rings is 1. The van der Waals surface area contributed by atoms with E-state index in [0.717, 1.165) is 33.9 Å². The lowest BCUT2D eigenvalue weighted by Gasteiger charge is -2.17. The van der Waals surface area contributed by atoms with Gasteiger partial charge in [0.05, 0.1) is 10.6 Å². The number of allylic oxidation sites excluding steroid dienone is 1. The quantitative estimate of drug-likeness (QED) is 0.308. The lowest BCUT2D eigenvalue weighted by atomic mass is 10.3. The van der Waals surface area contributed by atoms with Gasteiger partial charge in [-0.1, -0.05) is 30.4 Å². The molecule has 0 unspecified atom stereocenters. The topological polar surface area (TPSA) is 55.2 Å². The second kappa shape index (κ2) is 10.1. The van der Waals surface area contributed by atoms with Crippen molar-refractivity contribution in [1.82, 2.24) is 9.55 Å². The first-order valence-electron chi connectivity index (χ1n) is 11.0. The third-order valence-corrected chi connectivity index (χ3v) is 7.79. The summed E-state index contributed by atoms with van der Waals surface area (Å²) < 4.78 is 12.7. The van der Waals surface area contributed by atoms with Gasteiger partial charge in [0, 0.05) is 31.4 Å². The summed E-state index contributed by atoms with van der Waals surface area (Å²) in [5.41, 5.74) is 2.44. The van der Waals surface area contributed by atoms with Gasteiger partial charge < -0.3 is 21.7 Å². The van der Waals surface area contributed by atoms with E-state index in [9.17, 15) is 4.79 Å². The van der Waals surface area contributed by atoms with Crippen LogP contribution in [0.2, 0.25) is 0 Å². The standard InChI is InChI=1S/C25H25N4O2S2.ClH/c1-4-14-28-15-8-10-18-24(28)26-21(31-18)13-12-20-25(30)29(5-2)23(33-20)16-22-27(3)17-9-6-7-11-19(17)32-22;/h6-13,15-16H,4-5,14H2,1-3H3;1H/q+1;/p-1/b20-12-,21-13+;. The molecule has 9 heteroatoms. The summed E-state index contributed by atoms with van der Waals surface area (Å²) in [5.74, 6) is 0.822. The molecule has 0 amide bonds. The van der Waals surface area contributed by atoms with Crippen molar-refractivity contribution < 1.29 is 21.4 Å². The molecule has 34 heavy (non-hydrogen) atoms. The fraction of sp³-hybridized carbons (Fsp3) is 0.240. The number of anilines is 1. The molecule has 4 aromatic rings. The highest BCUT2D eigenvalue weighted by Crippen LogP contribution is 2.19. The molecule has 1 aromatic carbocycles. The number of thiazole rings is 2. The number of hydrogen-bond donors (Lipinski definition) is 0. The van der Waals surface area contributed by atoms with Crippen molar-refractivity contribution in [3.63, 3.8) is 0 Å². The molecule has 0 radical (unpaired) electrons. The molecule has 0 saturated carbocycles. The molecule has 0 aliphatic carbocycles. The highest BCUT2D eigenvalue weighted by atomic mass is 35.5. The van der Waals surface area contributed by atoms with E-state index in [1.54, 1.807) is 17.4 Å². The highest BCUT2D eigenvalue weighted by Gasteiger charge is 2.15. The van der Waals surface area contributed by atoms with Gasteiger partial charge in [-0.2, -0.15) is 9.55 Å². The molecule has 3 aromatic heterocycles. The number of halogens is 1. The van der Waals surface area contributed by atoms with Gasteiger partial charge in [0.15, 0.2) is 11.2 Å². The maximum absolute atomic E-state index is 13.0. The Bertz CT molecular complexity index is 1670. The highest BCUT2D eigenvalue weighted by molar-refractivity contribution is 7.19. The Morgan fingerprint density at radius 3 is 2.76 bits per heavy atom. The molecule has 4 heterocycles. The van der Waals surface area contributed by atoms with Crippen LogP contribution >= 0.6 is 22.7 Å². The zero-order valence-corrected chi connectivity index (χ0v) is 21.6. The fourth-order valence-corrected chi connectivity index (χ4v) is 6.12. The smallest absolute Gasteiger partial charge is 0.269 e. The number of fused-ring (bicyclic) bond motifs is 2. The minimum Gasteiger partial charge on any atom is -1.00 e. The molecule has 1 aliphatic heterocycles. The molecule has 0 saturated heterocycles. The van der Waals surface area contributed by atoms with Crippen LogP contribution in [0.25, 0.3) is 34.5 Å². The first-order valence-corrected chi connectivity index (χ1v) is 12.6. The van der Waals surface area contributed by atoms with Crippen molar-refractivity contribution in [1.29, 1.82) is 0 Å². The van der Waals surface area contributed by atoms with Gasteiger partial charge >= 0.3 is 0 Å². The second-order valence-corrected chi connectivity index (χ2v) is 9.86.